The molecular formula is C53H33N5. The molecule has 0 N–H and O–H groups in total. The van der Waals surface area contributed by atoms with E-state index in [1.54, 1.807) is 0 Å². The Morgan fingerprint density at radius 2 is 0.810 bits per heavy atom. The highest BCUT2D eigenvalue weighted by Gasteiger charge is 2.21. The predicted octanol–water partition coefficient (Wildman–Crippen LogP) is 13.4. The fraction of sp³-hybridized carbons (Fsp3) is 0. The lowest BCUT2D eigenvalue weighted by Crippen LogP contribution is -2.02. The van der Waals surface area contributed by atoms with Crippen molar-refractivity contribution in [2.75, 3.05) is 0 Å². The molecule has 0 saturated carbocycles. The maximum atomic E-state index is 5.32. The zero-order valence-corrected chi connectivity index (χ0v) is 31.3. The fourth-order valence-corrected chi connectivity index (χ4v) is 8.90. The van der Waals surface area contributed by atoms with Gasteiger partial charge >= 0.3 is 0 Å². The van der Waals surface area contributed by atoms with Crippen LogP contribution >= 0.6 is 0 Å². The molecule has 5 heteroatoms. The van der Waals surface area contributed by atoms with Crippen molar-refractivity contribution in [3.8, 4) is 45.5 Å². The number of aromatic nitrogens is 5. The van der Waals surface area contributed by atoms with Crippen LogP contribution in [0, 0.1) is 0 Å². The molecule has 12 rings (SSSR count). The van der Waals surface area contributed by atoms with Crippen LogP contribution < -0.4 is 0 Å². The SMILES string of the molecule is c1ccc(-n2c3ccccc3c3cccc(-c4nc(-c5ccc(-n6c7ccccc7c7cc8ccccc8cc76)cc5)nc(-c5cccc6ccccc56)n4)c32)cc1. The van der Waals surface area contributed by atoms with Gasteiger partial charge in [-0.1, -0.05) is 133 Å². The average molecular weight is 740 g/mol. The van der Waals surface area contributed by atoms with Gasteiger partial charge in [0.2, 0.25) is 0 Å². The van der Waals surface area contributed by atoms with Gasteiger partial charge in [-0.2, -0.15) is 0 Å². The van der Waals surface area contributed by atoms with Gasteiger partial charge in [-0.25, -0.2) is 15.0 Å². The quantitative estimate of drug-likeness (QED) is 0.177. The van der Waals surface area contributed by atoms with Crippen LogP contribution in [0.2, 0.25) is 0 Å². The summed E-state index contributed by atoms with van der Waals surface area (Å²) in [6.07, 6.45) is 0. The molecule has 0 saturated heterocycles. The minimum Gasteiger partial charge on any atom is -0.309 e. The number of para-hydroxylation sites is 4. The molecule has 270 valence electrons. The van der Waals surface area contributed by atoms with Gasteiger partial charge in [-0.3, -0.25) is 0 Å². The largest absolute Gasteiger partial charge is 0.309 e. The number of hydrogen-bond donors (Lipinski definition) is 0. The summed E-state index contributed by atoms with van der Waals surface area (Å²) in [5, 5.41) is 9.49. The second kappa shape index (κ2) is 12.8. The normalized spacial score (nSPS) is 11.8. The van der Waals surface area contributed by atoms with Crippen molar-refractivity contribution in [2.24, 2.45) is 0 Å². The van der Waals surface area contributed by atoms with Gasteiger partial charge in [0.25, 0.3) is 0 Å². The maximum Gasteiger partial charge on any atom is 0.166 e. The zero-order chi connectivity index (χ0) is 38.2. The molecule has 0 radical (unpaired) electrons. The molecule has 0 fully saturated rings. The van der Waals surface area contributed by atoms with E-state index in [1.807, 2.05) is 0 Å². The van der Waals surface area contributed by atoms with E-state index in [0.717, 1.165) is 55.3 Å². The lowest BCUT2D eigenvalue weighted by molar-refractivity contribution is 1.07. The van der Waals surface area contributed by atoms with Crippen LogP contribution in [0.15, 0.2) is 200 Å². The summed E-state index contributed by atoms with van der Waals surface area (Å²) in [6.45, 7) is 0. The van der Waals surface area contributed by atoms with Crippen LogP contribution in [0.1, 0.15) is 0 Å². The van der Waals surface area contributed by atoms with E-state index in [-0.39, 0.29) is 0 Å². The molecule has 3 heterocycles. The second-order valence-corrected chi connectivity index (χ2v) is 14.8. The van der Waals surface area contributed by atoms with Gasteiger partial charge in [0.15, 0.2) is 17.5 Å². The van der Waals surface area contributed by atoms with Gasteiger partial charge in [0, 0.05) is 49.6 Å². The molecule has 0 spiro atoms. The van der Waals surface area contributed by atoms with Crippen LogP contribution in [0.3, 0.4) is 0 Å². The summed E-state index contributed by atoms with van der Waals surface area (Å²) in [5.74, 6) is 1.87. The van der Waals surface area contributed by atoms with Gasteiger partial charge in [0.1, 0.15) is 0 Å². The number of fused-ring (bicyclic) bond motifs is 8. The van der Waals surface area contributed by atoms with Gasteiger partial charge in [-0.05, 0) is 88.3 Å². The molecule has 0 atom stereocenters. The highest BCUT2D eigenvalue weighted by molar-refractivity contribution is 6.14. The first-order chi connectivity index (χ1) is 28.8. The monoisotopic (exact) mass is 739 g/mol. The summed E-state index contributed by atoms with van der Waals surface area (Å²) >= 11 is 0. The number of hydrogen-bond acceptors (Lipinski definition) is 3. The van der Waals surface area contributed by atoms with E-state index < -0.39 is 0 Å². The molecule has 0 aliphatic carbocycles. The second-order valence-electron chi connectivity index (χ2n) is 14.8. The van der Waals surface area contributed by atoms with Gasteiger partial charge < -0.3 is 9.13 Å². The first-order valence-electron chi connectivity index (χ1n) is 19.6. The van der Waals surface area contributed by atoms with Crippen LogP contribution in [0.25, 0.3) is 111 Å². The van der Waals surface area contributed by atoms with Crippen molar-refractivity contribution in [3.05, 3.63) is 200 Å². The lowest BCUT2D eigenvalue weighted by Gasteiger charge is -2.14. The highest BCUT2D eigenvalue weighted by atomic mass is 15.1. The smallest absolute Gasteiger partial charge is 0.166 e. The van der Waals surface area contributed by atoms with Crippen LogP contribution in [0.4, 0.5) is 0 Å². The third-order valence-corrected chi connectivity index (χ3v) is 11.5. The Labute approximate surface area is 333 Å². The fourth-order valence-electron chi connectivity index (χ4n) is 8.90. The number of benzene rings is 9. The van der Waals surface area contributed by atoms with E-state index in [4.69, 9.17) is 15.0 Å². The van der Waals surface area contributed by atoms with Crippen LogP contribution in [-0.4, -0.2) is 24.1 Å². The average Bonchev–Trinajstić information content (AvgIpc) is 3.81. The molecule has 0 bridgehead atoms. The summed E-state index contributed by atoms with van der Waals surface area (Å²) in [5.41, 5.74) is 9.52. The Morgan fingerprint density at radius 3 is 1.59 bits per heavy atom. The Kier molecular flexibility index (Phi) is 7.16. The molecule has 0 aliphatic rings. The summed E-state index contributed by atoms with van der Waals surface area (Å²) in [6, 6.07) is 70.9. The first-order valence-corrected chi connectivity index (χ1v) is 19.6. The molecule has 0 amide bonds. The van der Waals surface area contributed by atoms with E-state index in [2.05, 4.69) is 209 Å². The van der Waals surface area contributed by atoms with Crippen molar-refractivity contribution < 1.29 is 0 Å². The predicted molar refractivity (Wildman–Crippen MR) is 240 cm³/mol. The van der Waals surface area contributed by atoms with Crippen molar-refractivity contribution in [2.45, 2.75) is 0 Å². The first kappa shape index (κ1) is 32.4. The topological polar surface area (TPSA) is 48.5 Å². The third kappa shape index (κ3) is 5.00. The lowest BCUT2D eigenvalue weighted by atomic mass is 10.0. The van der Waals surface area contributed by atoms with E-state index in [0.29, 0.717) is 17.5 Å². The molecule has 0 unspecified atom stereocenters. The van der Waals surface area contributed by atoms with Crippen molar-refractivity contribution in [3.63, 3.8) is 0 Å². The van der Waals surface area contributed by atoms with Gasteiger partial charge in [0.05, 0.1) is 22.1 Å². The Morgan fingerprint density at radius 1 is 0.293 bits per heavy atom. The van der Waals surface area contributed by atoms with Crippen LogP contribution in [-0.2, 0) is 0 Å². The zero-order valence-electron chi connectivity index (χ0n) is 31.3. The van der Waals surface area contributed by atoms with Crippen molar-refractivity contribution in [1.82, 2.24) is 24.1 Å². The minimum atomic E-state index is 0.618. The molecule has 3 aromatic heterocycles. The Balaban J connectivity index is 1.08. The van der Waals surface area contributed by atoms with Crippen molar-refractivity contribution in [1.29, 1.82) is 0 Å². The number of rotatable bonds is 5. The molecule has 12 aromatic rings. The standard InChI is InChI=1S/C53H33N5/c1-2-18-38(19-3-1)58-48-27-11-8-21-41(48)43-23-13-25-45(50(43)58)53-55-51(54-52(56-53)44-24-12-17-34-14-6-7-20-40(34)44)35-28-30-39(31-29-35)57-47-26-10-9-22-42(47)46-32-36-15-4-5-16-37(36)33-49(46)57/h1-33H. The van der Waals surface area contributed by atoms with E-state index in [9.17, 15) is 0 Å². The van der Waals surface area contributed by atoms with Crippen molar-refractivity contribution >= 4 is 65.2 Å². The Bertz CT molecular complexity index is 3560. The maximum absolute atomic E-state index is 5.32. The Hall–Kier alpha value is -7.89. The van der Waals surface area contributed by atoms with E-state index >= 15 is 0 Å². The van der Waals surface area contributed by atoms with Gasteiger partial charge in [-0.15, -0.1) is 0 Å². The molecule has 58 heavy (non-hydrogen) atoms. The highest BCUT2D eigenvalue weighted by Crippen LogP contribution is 2.39. The summed E-state index contributed by atoms with van der Waals surface area (Å²) in [7, 11) is 0. The molecule has 9 aromatic carbocycles. The summed E-state index contributed by atoms with van der Waals surface area (Å²) < 4.78 is 4.70. The molecule has 0 aliphatic heterocycles. The third-order valence-electron chi connectivity index (χ3n) is 11.5. The van der Waals surface area contributed by atoms with Crippen LogP contribution in [0.5, 0.6) is 0 Å². The number of nitrogens with zero attached hydrogens (tertiary/aromatic N) is 5. The van der Waals surface area contributed by atoms with E-state index in [1.165, 1.54) is 38.0 Å². The minimum absolute atomic E-state index is 0.618. The molecule has 5 nitrogen and oxygen atoms in total. The molecular weight excluding hydrogens is 707 g/mol. The summed E-state index contributed by atoms with van der Waals surface area (Å²) in [4.78, 5) is 15.9.